The van der Waals surface area contributed by atoms with Crippen molar-refractivity contribution in [2.24, 2.45) is 0 Å². The molecule has 2 amide bonds. The van der Waals surface area contributed by atoms with Crippen molar-refractivity contribution in [2.75, 3.05) is 13.2 Å². The monoisotopic (exact) mass is 470 g/mol. The molecule has 0 heterocycles. The highest BCUT2D eigenvalue weighted by Gasteiger charge is 2.29. The minimum absolute atomic E-state index is 0.0203. The molecule has 0 aromatic heterocycles. The van der Waals surface area contributed by atoms with Gasteiger partial charge < -0.3 is 15.4 Å². The van der Waals surface area contributed by atoms with Crippen molar-refractivity contribution in [3.8, 4) is 11.1 Å². The maximum absolute atomic E-state index is 12.9. The van der Waals surface area contributed by atoms with Gasteiger partial charge in [0.25, 0.3) is 0 Å². The van der Waals surface area contributed by atoms with E-state index >= 15 is 0 Å². The van der Waals surface area contributed by atoms with Gasteiger partial charge in [-0.15, -0.1) is 0 Å². The third-order valence-corrected chi connectivity index (χ3v) is 6.56. The zero-order valence-electron chi connectivity index (χ0n) is 20.3. The van der Waals surface area contributed by atoms with Crippen molar-refractivity contribution in [1.29, 1.82) is 0 Å². The SMILES string of the molecule is CCCCCCNC(=O)[C@H](Cc1ccccc1)NC(=O)OCC1c2ccccc2-c2ccccc21. The number of rotatable bonds is 11. The van der Waals surface area contributed by atoms with Crippen LogP contribution in [0.15, 0.2) is 78.9 Å². The molecule has 4 rings (SSSR count). The second kappa shape index (κ2) is 12.2. The summed E-state index contributed by atoms with van der Waals surface area (Å²) in [6, 6.07) is 25.5. The Morgan fingerprint density at radius 3 is 2.11 bits per heavy atom. The zero-order chi connectivity index (χ0) is 24.5. The van der Waals surface area contributed by atoms with Crippen LogP contribution in [0.2, 0.25) is 0 Å². The summed E-state index contributed by atoms with van der Waals surface area (Å²) in [5.74, 6) is -0.202. The minimum Gasteiger partial charge on any atom is -0.449 e. The average Bonchev–Trinajstić information content (AvgIpc) is 3.21. The predicted molar refractivity (Wildman–Crippen MR) is 139 cm³/mol. The maximum atomic E-state index is 12.9. The zero-order valence-corrected chi connectivity index (χ0v) is 20.3. The molecule has 5 heteroatoms. The topological polar surface area (TPSA) is 67.4 Å². The molecule has 35 heavy (non-hydrogen) atoms. The number of alkyl carbamates (subject to hydrolysis) is 1. The van der Waals surface area contributed by atoms with Crippen LogP contribution in [0.3, 0.4) is 0 Å². The molecule has 0 unspecified atom stereocenters. The molecule has 2 N–H and O–H groups in total. The quantitative estimate of drug-likeness (QED) is 0.346. The summed E-state index contributed by atoms with van der Waals surface area (Å²) in [5.41, 5.74) is 5.67. The summed E-state index contributed by atoms with van der Waals surface area (Å²) in [6.07, 6.45) is 4.15. The Labute approximate surface area is 207 Å². The number of carbonyl (C=O) groups is 2. The summed E-state index contributed by atoms with van der Waals surface area (Å²) in [7, 11) is 0. The first-order chi connectivity index (χ1) is 17.2. The largest absolute Gasteiger partial charge is 0.449 e. The lowest BCUT2D eigenvalue weighted by Crippen LogP contribution is -2.48. The van der Waals surface area contributed by atoms with Crippen molar-refractivity contribution in [1.82, 2.24) is 10.6 Å². The summed E-state index contributed by atoms with van der Waals surface area (Å²) in [6.45, 7) is 2.99. The Hall–Kier alpha value is -3.60. The summed E-state index contributed by atoms with van der Waals surface area (Å²) >= 11 is 0. The molecule has 0 bridgehead atoms. The molecule has 5 nitrogen and oxygen atoms in total. The van der Waals surface area contributed by atoms with Crippen LogP contribution >= 0.6 is 0 Å². The van der Waals surface area contributed by atoms with E-state index in [1.54, 1.807) is 0 Å². The van der Waals surface area contributed by atoms with E-state index in [9.17, 15) is 9.59 Å². The van der Waals surface area contributed by atoms with Crippen molar-refractivity contribution in [2.45, 2.75) is 51.0 Å². The highest BCUT2D eigenvalue weighted by Crippen LogP contribution is 2.44. The number of benzene rings is 3. The van der Waals surface area contributed by atoms with Gasteiger partial charge >= 0.3 is 6.09 Å². The van der Waals surface area contributed by atoms with E-state index in [1.807, 2.05) is 54.6 Å². The van der Waals surface area contributed by atoms with E-state index in [1.165, 1.54) is 11.1 Å². The van der Waals surface area contributed by atoms with Gasteiger partial charge in [0.2, 0.25) is 5.91 Å². The van der Waals surface area contributed by atoms with Gasteiger partial charge in [0.15, 0.2) is 0 Å². The minimum atomic E-state index is -0.695. The van der Waals surface area contributed by atoms with Gasteiger partial charge in [-0.3, -0.25) is 4.79 Å². The molecule has 182 valence electrons. The number of ether oxygens (including phenoxy) is 1. The van der Waals surface area contributed by atoms with Gasteiger partial charge in [0.05, 0.1) is 0 Å². The second-order valence-corrected chi connectivity index (χ2v) is 9.06. The molecule has 1 aliphatic rings. The molecule has 1 atom stereocenters. The first-order valence-electron chi connectivity index (χ1n) is 12.6. The molecule has 0 saturated carbocycles. The summed E-state index contributed by atoms with van der Waals surface area (Å²) in [4.78, 5) is 25.8. The number of nitrogens with one attached hydrogen (secondary N) is 2. The molecule has 0 spiro atoms. The fraction of sp³-hybridized carbons (Fsp3) is 0.333. The molecule has 3 aromatic carbocycles. The third-order valence-electron chi connectivity index (χ3n) is 6.56. The third kappa shape index (κ3) is 6.30. The lowest BCUT2D eigenvalue weighted by molar-refractivity contribution is -0.123. The maximum Gasteiger partial charge on any atom is 0.407 e. The average molecular weight is 471 g/mol. The van der Waals surface area contributed by atoms with Crippen LogP contribution in [0, 0.1) is 0 Å². The van der Waals surface area contributed by atoms with Crippen LogP contribution in [0.4, 0.5) is 4.79 Å². The molecule has 0 radical (unpaired) electrons. The molecule has 0 aliphatic heterocycles. The Morgan fingerprint density at radius 2 is 1.46 bits per heavy atom. The van der Waals surface area contributed by atoms with E-state index in [-0.39, 0.29) is 18.4 Å². The lowest BCUT2D eigenvalue weighted by Gasteiger charge is -2.20. The molecule has 0 saturated heterocycles. The predicted octanol–water partition coefficient (Wildman–Crippen LogP) is 5.83. The van der Waals surface area contributed by atoms with E-state index < -0.39 is 12.1 Å². The van der Waals surface area contributed by atoms with Crippen LogP contribution in [-0.4, -0.2) is 31.2 Å². The number of amides is 2. The van der Waals surface area contributed by atoms with E-state index in [0.29, 0.717) is 13.0 Å². The first-order valence-corrected chi connectivity index (χ1v) is 12.6. The second-order valence-electron chi connectivity index (χ2n) is 9.06. The number of unbranched alkanes of at least 4 members (excludes halogenated alkanes) is 3. The first kappa shape index (κ1) is 24.5. The number of hydrogen-bond donors (Lipinski definition) is 2. The van der Waals surface area contributed by atoms with Gasteiger partial charge in [0.1, 0.15) is 12.6 Å². The molecule has 1 aliphatic carbocycles. The Morgan fingerprint density at radius 1 is 0.829 bits per heavy atom. The highest BCUT2D eigenvalue weighted by atomic mass is 16.5. The number of hydrogen-bond acceptors (Lipinski definition) is 3. The van der Waals surface area contributed by atoms with Crippen LogP contribution in [0.25, 0.3) is 11.1 Å². The van der Waals surface area contributed by atoms with Crippen molar-refractivity contribution >= 4 is 12.0 Å². The van der Waals surface area contributed by atoms with Crippen LogP contribution in [0.5, 0.6) is 0 Å². The van der Waals surface area contributed by atoms with E-state index in [2.05, 4.69) is 41.8 Å². The number of carbonyl (C=O) groups excluding carboxylic acids is 2. The molecule has 0 fully saturated rings. The van der Waals surface area contributed by atoms with E-state index in [0.717, 1.165) is 42.4 Å². The summed E-state index contributed by atoms with van der Waals surface area (Å²) in [5, 5.41) is 5.80. The van der Waals surface area contributed by atoms with Gasteiger partial charge in [-0.2, -0.15) is 0 Å². The van der Waals surface area contributed by atoms with Crippen LogP contribution in [0.1, 0.15) is 55.2 Å². The Kier molecular flexibility index (Phi) is 8.55. The smallest absolute Gasteiger partial charge is 0.407 e. The van der Waals surface area contributed by atoms with Gasteiger partial charge in [-0.1, -0.05) is 105 Å². The number of fused-ring (bicyclic) bond motifs is 3. The summed E-state index contributed by atoms with van der Waals surface area (Å²) < 4.78 is 5.69. The van der Waals surface area contributed by atoms with Gasteiger partial charge in [-0.05, 0) is 34.2 Å². The fourth-order valence-corrected chi connectivity index (χ4v) is 4.73. The Bertz CT molecular complexity index is 1080. The fourth-order valence-electron chi connectivity index (χ4n) is 4.73. The molecular formula is C30H34N2O3. The van der Waals surface area contributed by atoms with Crippen molar-refractivity contribution in [3.05, 3.63) is 95.6 Å². The van der Waals surface area contributed by atoms with Gasteiger partial charge in [-0.25, -0.2) is 4.79 Å². The molecule has 3 aromatic rings. The molecular weight excluding hydrogens is 436 g/mol. The van der Waals surface area contributed by atoms with Crippen molar-refractivity contribution < 1.29 is 14.3 Å². The Balaban J connectivity index is 1.39. The lowest BCUT2D eigenvalue weighted by atomic mass is 9.98. The van der Waals surface area contributed by atoms with E-state index in [4.69, 9.17) is 4.74 Å². The normalized spacial score (nSPS) is 12.9. The van der Waals surface area contributed by atoms with Crippen molar-refractivity contribution in [3.63, 3.8) is 0 Å². The van der Waals surface area contributed by atoms with Crippen LogP contribution < -0.4 is 10.6 Å². The van der Waals surface area contributed by atoms with Gasteiger partial charge in [0, 0.05) is 18.9 Å². The van der Waals surface area contributed by atoms with Crippen LogP contribution in [-0.2, 0) is 16.0 Å². The highest BCUT2D eigenvalue weighted by molar-refractivity contribution is 5.86. The standard InChI is InChI=1S/C30H34N2O3/c1-2-3-4-12-19-31-29(33)28(20-22-13-6-5-7-14-22)32-30(34)35-21-27-25-17-10-8-15-23(25)24-16-9-11-18-26(24)27/h5-11,13-18,27-28H,2-4,12,19-21H2,1H3,(H,31,33)(H,32,34)/t28-/m0/s1.